The highest BCUT2D eigenvalue weighted by Gasteiger charge is 2.61. The first kappa shape index (κ1) is 24.6. The first-order valence-corrected chi connectivity index (χ1v) is 8.31. The van der Waals surface area contributed by atoms with E-state index < -0.39 is 52.2 Å². The van der Waals surface area contributed by atoms with Gasteiger partial charge in [0, 0.05) is 5.41 Å². The molecular formula is C19H14F10O2. The molecule has 0 unspecified atom stereocenters. The molecule has 0 saturated heterocycles. The number of phenols is 2. The Morgan fingerprint density at radius 2 is 0.839 bits per heavy atom. The van der Waals surface area contributed by atoms with E-state index in [0.717, 1.165) is 26.0 Å². The van der Waals surface area contributed by atoms with Gasteiger partial charge in [0.15, 0.2) is 0 Å². The number of alkyl halides is 10. The van der Waals surface area contributed by atoms with Gasteiger partial charge in [-0.25, -0.2) is 0 Å². The Kier molecular flexibility index (Phi) is 5.71. The zero-order valence-electron chi connectivity index (χ0n) is 15.6. The first-order valence-electron chi connectivity index (χ1n) is 8.31. The molecule has 2 aromatic rings. The summed E-state index contributed by atoms with van der Waals surface area (Å²) in [5.41, 5.74) is -6.02. The van der Waals surface area contributed by atoms with Gasteiger partial charge in [0.1, 0.15) is 11.5 Å². The third-order valence-electron chi connectivity index (χ3n) is 4.83. The molecule has 0 aliphatic rings. The average molecular weight is 464 g/mol. The molecule has 0 fully saturated rings. The standard InChI is InChI=1S/C19H14F10O2/c1-15(2,9-3-5-13(30)11(7-9)16(20,21)18(24,25)26)10-4-6-14(31)12(8-10)17(22,23)19(27,28)29/h3-8,30-31H,1-2H3. The lowest BCUT2D eigenvalue weighted by Crippen LogP contribution is -2.34. The van der Waals surface area contributed by atoms with Crippen LogP contribution in [-0.4, -0.2) is 22.6 Å². The van der Waals surface area contributed by atoms with Crippen LogP contribution in [0.5, 0.6) is 11.5 Å². The lowest BCUT2D eigenvalue weighted by atomic mass is 9.76. The highest BCUT2D eigenvalue weighted by molar-refractivity contribution is 5.49. The summed E-state index contributed by atoms with van der Waals surface area (Å²) in [5, 5.41) is 19.0. The minimum atomic E-state index is -6.06. The van der Waals surface area contributed by atoms with Gasteiger partial charge in [0.05, 0.1) is 11.1 Å². The molecule has 0 aliphatic heterocycles. The van der Waals surface area contributed by atoms with Crippen molar-refractivity contribution in [1.29, 1.82) is 0 Å². The largest absolute Gasteiger partial charge is 0.507 e. The van der Waals surface area contributed by atoms with Crippen LogP contribution in [0.2, 0.25) is 0 Å². The molecule has 0 saturated carbocycles. The van der Waals surface area contributed by atoms with Gasteiger partial charge in [-0.3, -0.25) is 0 Å². The minimum absolute atomic E-state index is 0.289. The van der Waals surface area contributed by atoms with Crippen molar-refractivity contribution in [3.8, 4) is 11.5 Å². The molecule has 172 valence electrons. The van der Waals surface area contributed by atoms with Crippen molar-refractivity contribution in [2.75, 3.05) is 0 Å². The normalized spacial score (nSPS) is 14.1. The molecule has 0 atom stereocenters. The zero-order valence-corrected chi connectivity index (χ0v) is 15.6. The molecule has 0 amide bonds. The van der Waals surface area contributed by atoms with Crippen LogP contribution in [0.1, 0.15) is 36.1 Å². The second kappa shape index (κ2) is 7.20. The van der Waals surface area contributed by atoms with Crippen molar-refractivity contribution in [1.82, 2.24) is 0 Å². The van der Waals surface area contributed by atoms with E-state index in [2.05, 4.69) is 0 Å². The van der Waals surface area contributed by atoms with E-state index in [0.29, 0.717) is 12.1 Å². The van der Waals surface area contributed by atoms with Gasteiger partial charge >= 0.3 is 24.2 Å². The SMILES string of the molecule is CC(C)(c1ccc(O)c(C(F)(F)C(F)(F)F)c1)c1ccc(O)c(C(F)(F)C(F)(F)F)c1. The molecule has 2 rings (SSSR count). The van der Waals surface area contributed by atoms with E-state index in [1.807, 2.05) is 0 Å². The predicted molar refractivity (Wildman–Crippen MR) is 88.2 cm³/mol. The predicted octanol–water partition coefficient (Wildman–Crippen LogP) is 6.73. The fraction of sp³-hybridized carbons (Fsp3) is 0.368. The maximum atomic E-state index is 13.8. The van der Waals surface area contributed by atoms with Gasteiger partial charge < -0.3 is 10.2 Å². The molecule has 0 radical (unpaired) electrons. The number of benzene rings is 2. The van der Waals surface area contributed by atoms with Gasteiger partial charge in [0.25, 0.3) is 0 Å². The number of halogens is 10. The highest BCUT2D eigenvalue weighted by atomic mass is 19.4. The Balaban J connectivity index is 2.67. The second-order valence-corrected chi connectivity index (χ2v) is 7.23. The van der Waals surface area contributed by atoms with Crippen LogP contribution in [0.4, 0.5) is 43.9 Å². The fourth-order valence-corrected chi connectivity index (χ4v) is 2.82. The molecule has 2 aromatic carbocycles. The number of aromatic hydroxyl groups is 2. The summed E-state index contributed by atoms with van der Waals surface area (Å²) in [4.78, 5) is 0. The fourth-order valence-electron chi connectivity index (χ4n) is 2.82. The van der Waals surface area contributed by atoms with Crippen molar-refractivity contribution in [2.24, 2.45) is 0 Å². The molecule has 2 nitrogen and oxygen atoms in total. The van der Waals surface area contributed by atoms with Crippen molar-refractivity contribution in [2.45, 2.75) is 43.5 Å². The number of phenolic OH excluding ortho intramolecular Hbond substituents is 2. The Morgan fingerprint density at radius 3 is 1.10 bits per heavy atom. The summed E-state index contributed by atoms with van der Waals surface area (Å²) in [6, 6.07) is 3.46. The maximum absolute atomic E-state index is 13.8. The van der Waals surface area contributed by atoms with Crippen LogP contribution in [0, 0.1) is 0 Å². The summed E-state index contributed by atoms with van der Waals surface area (Å²) in [6.45, 7) is 2.33. The summed E-state index contributed by atoms with van der Waals surface area (Å²) in [6.07, 6.45) is -12.1. The molecular weight excluding hydrogens is 450 g/mol. The molecule has 0 aromatic heterocycles. The van der Waals surface area contributed by atoms with Crippen LogP contribution in [0.3, 0.4) is 0 Å². The third-order valence-corrected chi connectivity index (χ3v) is 4.83. The van der Waals surface area contributed by atoms with Crippen molar-refractivity contribution in [3.05, 3.63) is 58.7 Å². The molecule has 0 aliphatic carbocycles. The number of hydrogen-bond acceptors (Lipinski definition) is 2. The molecule has 0 heterocycles. The van der Waals surface area contributed by atoms with E-state index in [1.54, 1.807) is 0 Å². The summed E-state index contributed by atoms with van der Waals surface area (Å²) in [7, 11) is 0. The first-order chi connectivity index (χ1) is 13.7. The van der Waals surface area contributed by atoms with E-state index in [1.165, 1.54) is 0 Å². The summed E-state index contributed by atoms with van der Waals surface area (Å²) in [5.74, 6) is -13.7. The van der Waals surface area contributed by atoms with Gasteiger partial charge in [-0.1, -0.05) is 26.0 Å². The molecule has 0 spiro atoms. The average Bonchev–Trinajstić information content (AvgIpc) is 2.59. The Labute approximate surface area is 168 Å². The second-order valence-electron chi connectivity index (χ2n) is 7.23. The van der Waals surface area contributed by atoms with E-state index >= 15 is 0 Å². The van der Waals surface area contributed by atoms with Crippen LogP contribution in [0.15, 0.2) is 36.4 Å². The van der Waals surface area contributed by atoms with Crippen LogP contribution in [-0.2, 0) is 17.3 Å². The quantitative estimate of drug-likeness (QED) is 0.493. The summed E-state index contributed by atoms with van der Waals surface area (Å²) >= 11 is 0. The van der Waals surface area contributed by atoms with Crippen LogP contribution in [0.25, 0.3) is 0 Å². The molecule has 0 bridgehead atoms. The molecule has 31 heavy (non-hydrogen) atoms. The smallest absolute Gasteiger partial charge is 0.458 e. The maximum Gasteiger partial charge on any atom is 0.458 e. The highest BCUT2D eigenvalue weighted by Crippen LogP contribution is 2.50. The van der Waals surface area contributed by atoms with E-state index in [4.69, 9.17) is 0 Å². The Hall–Kier alpha value is -2.66. The minimum Gasteiger partial charge on any atom is -0.507 e. The van der Waals surface area contributed by atoms with E-state index in [-0.39, 0.29) is 23.3 Å². The van der Waals surface area contributed by atoms with Crippen molar-refractivity contribution >= 4 is 0 Å². The third kappa shape index (κ3) is 4.11. The lowest BCUT2D eigenvalue weighted by molar-refractivity contribution is -0.289. The molecule has 2 N–H and O–H groups in total. The van der Waals surface area contributed by atoms with Crippen LogP contribution >= 0.6 is 0 Å². The van der Waals surface area contributed by atoms with Gasteiger partial charge in [-0.2, -0.15) is 43.9 Å². The lowest BCUT2D eigenvalue weighted by Gasteiger charge is -2.30. The van der Waals surface area contributed by atoms with Crippen molar-refractivity contribution in [3.63, 3.8) is 0 Å². The number of hydrogen-bond donors (Lipinski definition) is 2. The number of rotatable bonds is 4. The van der Waals surface area contributed by atoms with Crippen LogP contribution < -0.4 is 0 Å². The summed E-state index contributed by atoms with van der Waals surface area (Å²) < 4.78 is 131. The Morgan fingerprint density at radius 1 is 0.548 bits per heavy atom. The van der Waals surface area contributed by atoms with Gasteiger partial charge in [-0.15, -0.1) is 0 Å². The monoisotopic (exact) mass is 464 g/mol. The van der Waals surface area contributed by atoms with E-state index in [9.17, 15) is 54.1 Å². The molecule has 12 heteroatoms. The Bertz CT molecular complexity index is 897. The topological polar surface area (TPSA) is 40.5 Å². The zero-order chi connectivity index (χ0) is 24.2. The van der Waals surface area contributed by atoms with Gasteiger partial charge in [-0.05, 0) is 35.4 Å². The van der Waals surface area contributed by atoms with Crippen molar-refractivity contribution < 1.29 is 54.1 Å². The van der Waals surface area contributed by atoms with Gasteiger partial charge in [0.2, 0.25) is 0 Å².